The standard InChI is InChI=1S/C18H16ClNO3/c1-11(17(19)21)20(18(22)23-2)16-14-9-5-3-7-12(14)13-8-4-6-10-15(13)16/h3-11,16H,1-2H3. The van der Waals surface area contributed by atoms with Gasteiger partial charge in [0.15, 0.2) is 0 Å². The zero-order valence-electron chi connectivity index (χ0n) is 12.8. The molecule has 1 unspecified atom stereocenters. The summed E-state index contributed by atoms with van der Waals surface area (Å²) in [5, 5.41) is -0.600. The van der Waals surface area contributed by atoms with Crippen LogP contribution in [0.4, 0.5) is 4.79 Å². The number of hydrogen-bond acceptors (Lipinski definition) is 3. The molecule has 0 aromatic heterocycles. The van der Waals surface area contributed by atoms with Crippen molar-refractivity contribution in [1.82, 2.24) is 4.90 Å². The second kappa shape index (κ2) is 6.05. The maximum atomic E-state index is 12.4. The minimum atomic E-state index is -0.798. The van der Waals surface area contributed by atoms with Gasteiger partial charge in [0.25, 0.3) is 0 Å². The Labute approximate surface area is 139 Å². The smallest absolute Gasteiger partial charge is 0.410 e. The number of benzene rings is 2. The predicted octanol–water partition coefficient (Wildman–Crippen LogP) is 3.98. The highest BCUT2D eigenvalue weighted by Crippen LogP contribution is 2.47. The molecule has 2 aromatic carbocycles. The number of rotatable bonds is 3. The molecule has 118 valence electrons. The Morgan fingerprint density at radius 1 is 1.04 bits per heavy atom. The molecule has 1 aliphatic rings. The molecule has 0 N–H and O–H groups in total. The van der Waals surface area contributed by atoms with E-state index in [1.54, 1.807) is 6.92 Å². The minimum absolute atomic E-state index is 0.396. The molecule has 1 amide bonds. The molecule has 2 aromatic rings. The van der Waals surface area contributed by atoms with Crippen molar-refractivity contribution in [2.45, 2.75) is 19.0 Å². The van der Waals surface area contributed by atoms with Crippen molar-refractivity contribution in [2.75, 3.05) is 7.11 Å². The molecule has 0 bridgehead atoms. The molecule has 4 nitrogen and oxygen atoms in total. The molecule has 0 aliphatic heterocycles. The average molecular weight is 330 g/mol. The minimum Gasteiger partial charge on any atom is -0.453 e. The van der Waals surface area contributed by atoms with Crippen molar-refractivity contribution in [1.29, 1.82) is 0 Å². The first-order chi connectivity index (χ1) is 11.1. The fourth-order valence-electron chi connectivity index (χ4n) is 3.13. The van der Waals surface area contributed by atoms with Gasteiger partial charge in [-0.1, -0.05) is 48.5 Å². The lowest BCUT2D eigenvalue weighted by molar-refractivity contribution is -0.116. The van der Waals surface area contributed by atoms with Gasteiger partial charge in [-0.05, 0) is 40.8 Å². The van der Waals surface area contributed by atoms with Crippen molar-refractivity contribution in [3.8, 4) is 11.1 Å². The second-order valence-corrected chi connectivity index (χ2v) is 5.81. The van der Waals surface area contributed by atoms with Gasteiger partial charge in [0.1, 0.15) is 6.04 Å². The quantitative estimate of drug-likeness (QED) is 0.800. The average Bonchev–Trinajstić information content (AvgIpc) is 2.90. The Balaban J connectivity index is 2.20. The van der Waals surface area contributed by atoms with E-state index in [1.807, 2.05) is 48.5 Å². The Morgan fingerprint density at radius 2 is 1.52 bits per heavy atom. The first-order valence-electron chi connectivity index (χ1n) is 7.30. The lowest BCUT2D eigenvalue weighted by Gasteiger charge is -2.32. The summed E-state index contributed by atoms with van der Waals surface area (Å²) < 4.78 is 4.90. The molecule has 1 atom stereocenters. The van der Waals surface area contributed by atoms with Crippen molar-refractivity contribution < 1.29 is 14.3 Å². The van der Waals surface area contributed by atoms with Crippen LogP contribution in [-0.2, 0) is 9.53 Å². The summed E-state index contributed by atoms with van der Waals surface area (Å²) >= 11 is 5.67. The monoisotopic (exact) mass is 329 g/mol. The van der Waals surface area contributed by atoms with E-state index in [0.29, 0.717) is 0 Å². The number of halogens is 1. The predicted molar refractivity (Wildman–Crippen MR) is 88.3 cm³/mol. The summed E-state index contributed by atoms with van der Waals surface area (Å²) in [6, 6.07) is 14.5. The third kappa shape index (κ3) is 2.49. The van der Waals surface area contributed by atoms with Crippen molar-refractivity contribution in [2.24, 2.45) is 0 Å². The number of methoxy groups -OCH3 is 1. The van der Waals surface area contributed by atoms with E-state index >= 15 is 0 Å². The number of carbonyl (C=O) groups excluding carboxylic acids is 2. The fourth-order valence-corrected chi connectivity index (χ4v) is 3.24. The SMILES string of the molecule is COC(=O)N(C(C)C(=O)Cl)C1c2ccccc2-c2ccccc21. The van der Waals surface area contributed by atoms with Crippen LogP contribution in [0.5, 0.6) is 0 Å². The third-order valence-corrected chi connectivity index (χ3v) is 4.53. The molecule has 0 heterocycles. The molecule has 0 saturated carbocycles. The molecule has 3 rings (SSSR count). The van der Waals surface area contributed by atoms with Gasteiger partial charge >= 0.3 is 6.09 Å². The van der Waals surface area contributed by atoms with Gasteiger partial charge in [-0.15, -0.1) is 0 Å². The Morgan fingerprint density at radius 3 is 1.96 bits per heavy atom. The molecule has 5 heteroatoms. The van der Waals surface area contributed by atoms with E-state index in [2.05, 4.69) is 0 Å². The van der Waals surface area contributed by atoms with Crippen LogP contribution < -0.4 is 0 Å². The first kappa shape index (κ1) is 15.6. The molecule has 0 spiro atoms. The van der Waals surface area contributed by atoms with E-state index in [4.69, 9.17) is 16.3 Å². The van der Waals surface area contributed by atoms with E-state index in [1.165, 1.54) is 12.0 Å². The molecule has 0 fully saturated rings. The zero-order chi connectivity index (χ0) is 16.6. The topological polar surface area (TPSA) is 46.6 Å². The van der Waals surface area contributed by atoms with Crippen LogP contribution in [-0.4, -0.2) is 29.4 Å². The molecule has 23 heavy (non-hydrogen) atoms. The van der Waals surface area contributed by atoms with Gasteiger partial charge in [-0.3, -0.25) is 9.69 Å². The summed E-state index contributed by atoms with van der Waals surface area (Å²) in [5.41, 5.74) is 4.03. The summed E-state index contributed by atoms with van der Waals surface area (Å²) in [6.45, 7) is 1.61. The van der Waals surface area contributed by atoms with Crippen LogP contribution in [0.15, 0.2) is 48.5 Å². The Hall–Kier alpha value is -2.33. The van der Waals surface area contributed by atoms with Gasteiger partial charge < -0.3 is 4.74 Å². The maximum Gasteiger partial charge on any atom is 0.410 e. The molecular formula is C18H16ClNO3. The molecular weight excluding hydrogens is 314 g/mol. The van der Waals surface area contributed by atoms with E-state index in [0.717, 1.165) is 22.3 Å². The van der Waals surface area contributed by atoms with Gasteiger partial charge in [0.2, 0.25) is 5.24 Å². The maximum absolute atomic E-state index is 12.4. The highest BCUT2D eigenvalue weighted by Gasteiger charge is 2.39. The molecule has 0 saturated heterocycles. The van der Waals surface area contributed by atoms with E-state index in [9.17, 15) is 9.59 Å². The van der Waals surface area contributed by atoms with Crippen LogP contribution in [0, 0.1) is 0 Å². The number of fused-ring (bicyclic) bond motifs is 3. The normalized spacial score (nSPS) is 13.9. The van der Waals surface area contributed by atoms with E-state index < -0.39 is 23.4 Å². The van der Waals surface area contributed by atoms with Crippen LogP contribution in [0.1, 0.15) is 24.1 Å². The van der Waals surface area contributed by atoms with Crippen LogP contribution >= 0.6 is 11.6 Å². The second-order valence-electron chi connectivity index (χ2n) is 5.43. The highest BCUT2D eigenvalue weighted by atomic mass is 35.5. The lowest BCUT2D eigenvalue weighted by atomic mass is 10.0. The van der Waals surface area contributed by atoms with Gasteiger partial charge in [0, 0.05) is 0 Å². The Kier molecular flexibility index (Phi) is 4.09. The van der Waals surface area contributed by atoms with Crippen molar-refractivity contribution >= 4 is 22.9 Å². The van der Waals surface area contributed by atoms with E-state index in [-0.39, 0.29) is 0 Å². The largest absolute Gasteiger partial charge is 0.453 e. The number of hydrogen-bond donors (Lipinski definition) is 0. The summed E-state index contributed by atoms with van der Waals surface area (Å²) in [7, 11) is 1.30. The van der Waals surface area contributed by atoms with Crippen LogP contribution in [0.3, 0.4) is 0 Å². The van der Waals surface area contributed by atoms with Crippen LogP contribution in [0.25, 0.3) is 11.1 Å². The van der Waals surface area contributed by atoms with Gasteiger partial charge in [-0.25, -0.2) is 4.79 Å². The van der Waals surface area contributed by atoms with Crippen molar-refractivity contribution in [3.63, 3.8) is 0 Å². The number of carbonyl (C=O) groups is 2. The number of nitrogens with zero attached hydrogens (tertiary/aromatic N) is 1. The fraction of sp³-hybridized carbons (Fsp3) is 0.222. The number of ether oxygens (including phenoxy) is 1. The van der Waals surface area contributed by atoms with Gasteiger partial charge in [-0.2, -0.15) is 0 Å². The van der Waals surface area contributed by atoms with Crippen LogP contribution in [0.2, 0.25) is 0 Å². The Bertz CT molecular complexity index is 729. The summed E-state index contributed by atoms with van der Waals surface area (Å²) in [5.74, 6) is 0. The molecule has 0 radical (unpaired) electrons. The summed E-state index contributed by atoms with van der Waals surface area (Å²) in [4.78, 5) is 25.5. The summed E-state index contributed by atoms with van der Waals surface area (Å²) in [6.07, 6.45) is -0.581. The van der Waals surface area contributed by atoms with Gasteiger partial charge in [0.05, 0.1) is 13.2 Å². The first-order valence-corrected chi connectivity index (χ1v) is 7.68. The number of amides is 1. The lowest BCUT2D eigenvalue weighted by Crippen LogP contribution is -2.44. The zero-order valence-corrected chi connectivity index (χ0v) is 13.6. The molecule has 1 aliphatic carbocycles. The van der Waals surface area contributed by atoms with Crippen molar-refractivity contribution in [3.05, 3.63) is 59.7 Å². The third-order valence-electron chi connectivity index (χ3n) is 4.21. The highest BCUT2D eigenvalue weighted by molar-refractivity contribution is 6.64.